The molecule has 0 aliphatic carbocycles. The van der Waals surface area contributed by atoms with Crippen LogP contribution in [-0.2, 0) is 6.42 Å². The summed E-state index contributed by atoms with van der Waals surface area (Å²) in [6.45, 7) is 4.23. The van der Waals surface area contributed by atoms with Gasteiger partial charge in [0, 0.05) is 24.3 Å². The molecule has 2 heterocycles. The predicted molar refractivity (Wildman–Crippen MR) is 127 cm³/mol. The number of carbonyl (C=O) groups is 1. The molecule has 0 saturated carbocycles. The van der Waals surface area contributed by atoms with Gasteiger partial charge in [-0.05, 0) is 49.9 Å². The van der Waals surface area contributed by atoms with E-state index in [4.69, 9.17) is 9.47 Å². The molecule has 4 rings (SSSR count). The van der Waals surface area contributed by atoms with Gasteiger partial charge in [-0.15, -0.1) is 0 Å². The van der Waals surface area contributed by atoms with Gasteiger partial charge >= 0.3 is 0 Å². The molecule has 1 saturated heterocycles. The number of aryl methyl sites for hydroxylation is 1. The van der Waals surface area contributed by atoms with Crippen molar-refractivity contribution < 1.29 is 14.3 Å². The lowest BCUT2D eigenvalue weighted by Crippen LogP contribution is -2.29. The van der Waals surface area contributed by atoms with E-state index in [0.717, 1.165) is 24.3 Å². The second-order valence-corrected chi connectivity index (χ2v) is 7.87. The summed E-state index contributed by atoms with van der Waals surface area (Å²) in [7, 11) is 3.08. The molecular weight excluding hydrogens is 404 g/mol. The highest BCUT2D eigenvalue weighted by Crippen LogP contribution is 2.34. The molecular formula is C25H30N4O3. The molecule has 7 nitrogen and oxygen atoms in total. The fourth-order valence-electron chi connectivity index (χ4n) is 4.21. The summed E-state index contributed by atoms with van der Waals surface area (Å²) < 4.78 is 10.8. The third kappa shape index (κ3) is 4.28. The van der Waals surface area contributed by atoms with Gasteiger partial charge in [-0.2, -0.15) is 5.10 Å². The van der Waals surface area contributed by atoms with Gasteiger partial charge in [-0.25, -0.2) is 0 Å². The summed E-state index contributed by atoms with van der Waals surface area (Å²) in [6.07, 6.45) is 4.49. The van der Waals surface area contributed by atoms with E-state index in [0.29, 0.717) is 34.9 Å². The van der Waals surface area contributed by atoms with Crippen LogP contribution in [0, 0.1) is 0 Å². The fourth-order valence-corrected chi connectivity index (χ4v) is 4.21. The third-order valence-corrected chi connectivity index (χ3v) is 5.95. The Morgan fingerprint density at radius 3 is 2.28 bits per heavy atom. The number of H-pyrrole nitrogens is 1. The molecule has 7 heteroatoms. The average Bonchev–Trinajstić information content (AvgIpc) is 3.26. The summed E-state index contributed by atoms with van der Waals surface area (Å²) in [6, 6.07) is 13.7. The Morgan fingerprint density at radius 1 is 1.03 bits per heavy atom. The van der Waals surface area contributed by atoms with Crippen molar-refractivity contribution in [2.75, 3.05) is 37.5 Å². The molecule has 1 aliphatic rings. The molecule has 168 valence electrons. The second-order valence-electron chi connectivity index (χ2n) is 7.87. The molecule has 2 aromatic carbocycles. The number of aromatic nitrogens is 2. The molecule has 32 heavy (non-hydrogen) atoms. The molecule has 0 atom stereocenters. The standard InChI is InChI=1S/C25H30N4O3/c1-4-19-24(26-25(30)22-20(31-2)9-8-10-21(22)32-3)23(28-27-19)17-11-13-18(14-12-17)29-15-6-5-7-16-29/h8-14H,4-7,15-16H2,1-3H3,(H,26,30)(H,27,28). The molecule has 3 aromatic rings. The topological polar surface area (TPSA) is 79.5 Å². The highest BCUT2D eigenvalue weighted by atomic mass is 16.5. The average molecular weight is 435 g/mol. The van der Waals surface area contributed by atoms with E-state index in [1.165, 1.54) is 39.2 Å². The van der Waals surface area contributed by atoms with Gasteiger partial charge in [0.2, 0.25) is 0 Å². The van der Waals surface area contributed by atoms with Crippen LogP contribution in [0.4, 0.5) is 11.4 Å². The highest BCUT2D eigenvalue weighted by Gasteiger charge is 2.22. The maximum absolute atomic E-state index is 13.3. The van der Waals surface area contributed by atoms with Crippen LogP contribution < -0.4 is 19.7 Å². The van der Waals surface area contributed by atoms with E-state index >= 15 is 0 Å². The Morgan fingerprint density at radius 2 is 1.69 bits per heavy atom. The lowest BCUT2D eigenvalue weighted by Gasteiger charge is -2.28. The predicted octanol–water partition coefficient (Wildman–Crippen LogP) is 4.90. The highest BCUT2D eigenvalue weighted by molar-refractivity contribution is 6.10. The first-order chi connectivity index (χ1) is 15.7. The molecule has 0 radical (unpaired) electrons. The van der Waals surface area contributed by atoms with Crippen LogP contribution in [0.25, 0.3) is 11.3 Å². The number of hydrogen-bond donors (Lipinski definition) is 2. The SMILES string of the molecule is CCc1[nH]nc(-c2ccc(N3CCCCC3)cc2)c1NC(=O)c1c(OC)cccc1OC. The van der Waals surface area contributed by atoms with E-state index < -0.39 is 0 Å². The molecule has 2 N–H and O–H groups in total. The van der Waals surface area contributed by atoms with Crippen LogP contribution in [-0.4, -0.2) is 43.4 Å². The van der Waals surface area contributed by atoms with Gasteiger partial charge in [-0.3, -0.25) is 9.89 Å². The van der Waals surface area contributed by atoms with Crippen LogP contribution in [0.1, 0.15) is 42.2 Å². The van der Waals surface area contributed by atoms with Crippen LogP contribution >= 0.6 is 0 Å². The molecule has 1 aliphatic heterocycles. The molecule has 1 aromatic heterocycles. The van der Waals surface area contributed by atoms with Crippen molar-refractivity contribution in [1.82, 2.24) is 10.2 Å². The van der Waals surface area contributed by atoms with Gasteiger partial charge in [0.15, 0.2) is 0 Å². The number of amides is 1. The number of ether oxygens (including phenoxy) is 2. The fraction of sp³-hybridized carbons (Fsp3) is 0.360. The Hall–Kier alpha value is -3.48. The smallest absolute Gasteiger partial charge is 0.263 e. The number of nitrogens with zero attached hydrogens (tertiary/aromatic N) is 2. The van der Waals surface area contributed by atoms with E-state index in [-0.39, 0.29) is 5.91 Å². The van der Waals surface area contributed by atoms with Crippen molar-refractivity contribution in [3.63, 3.8) is 0 Å². The third-order valence-electron chi connectivity index (χ3n) is 5.95. The number of aromatic amines is 1. The maximum atomic E-state index is 13.3. The number of rotatable bonds is 7. The number of methoxy groups -OCH3 is 2. The molecule has 1 fully saturated rings. The maximum Gasteiger partial charge on any atom is 0.263 e. The van der Waals surface area contributed by atoms with Crippen molar-refractivity contribution >= 4 is 17.3 Å². The zero-order valence-corrected chi connectivity index (χ0v) is 18.9. The molecule has 1 amide bonds. The van der Waals surface area contributed by atoms with Gasteiger partial charge in [-0.1, -0.05) is 25.1 Å². The summed E-state index contributed by atoms with van der Waals surface area (Å²) in [4.78, 5) is 15.7. The van der Waals surface area contributed by atoms with Gasteiger partial charge < -0.3 is 19.7 Å². The van der Waals surface area contributed by atoms with E-state index in [1.54, 1.807) is 18.2 Å². The largest absolute Gasteiger partial charge is 0.496 e. The quantitative estimate of drug-likeness (QED) is 0.553. The Bertz CT molecular complexity index is 1050. The van der Waals surface area contributed by atoms with Crippen molar-refractivity contribution in [3.8, 4) is 22.8 Å². The van der Waals surface area contributed by atoms with Crippen molar-refractivity contribution in [3.05, 3.63) is 53.7 Å². The van der Waals surface area contributed by atoms with Crippen LogP contribution in [0.3, 0.4) is 0 Å². The number of carbonyl (C=O) groups excluding carboxylic acids is 1. The first kappa shape index (κ1) is 21.7. The zero-order valence-electron chi connectivity index (χ0n) is 18.9. The first-order valence-electron chi connectivity index (χ1n) is 11.1. The van der Waals surface area contributed by atoms with Gasteiger partial charge in [0.05, 0.1) is 25.6 Å². The zero-order chi connectivity index (χ0) is 22.5. The summed E-state index contributed by atoms with van der Waals surface area (Å²) in [5.74, 6) is 0.605. The molecule has 0 unspecified atom stereocenters. The Balaban J connectivity index is 1.64. The Kier molecular flexibility index (Phi) is 6.63. The monoisotopic (exact) mass is 434 g/mol. The molecule has 0 spiro atoms. The van der Waals surface area contributed by atoms with E-state index in [9.17, 15) is 4.79 Å². The summed E-state index contributed by atoms with van der Waals surface area (Å²) in [5.41, 5.74) is 4.79. The first-order valence-corrected chi connectivity index (χ1v) is 11.1. The number of hydrogen-bond acceptors (Lipinski definition) is 5. The van der Waals surface area contributed by atoms with Crippen molar-refractivity contribution in [1.29, 1.82) is 0 Å². The summed E-state index contributed by atoms with van der Waals surface area (Å²) in [5, 5.41) is 10.6. The van der Waals surface area contributed by atoms with Crippen LogP contribution in [0.5, 0.6) is 11.5 Å². The second kappa shape index (κ2) is 9.77. The molecule has 0 bridgehead atoms. The van der Waals surface area contributed by atoms with Crippen LogP contribution in [0.2, 0.25) is 0 Å². The van der Waals surface area contributed by atoms with Crippen molar-refractivity contribution in [2.45, 2.75) is 32.6 Å². The number of nitrogens with one attached hydrogen (secondary N) is 2. The minimum absolute atomic E-state index is 0.304. The van der Waals surface area contributed by atoms with Gasteiger partial charge in [0.25, 0.3) is 5.91 Å². The number of benzene rings is 2. The normalized spacial score (nSPS) is 13.7. The van der Waals surface area contributed by atoms with E-state index in [1.807, 2.05) is 6.92 Å². The van der Waals surface area contributed by atoms with Gasteiger partial charge in [0.1, 0.15) is 22.8 Å². The number of anilines is 2. The Labute approximate surface area is 188 Å². The summed E-state index contributed by atoms with van der Waals surface area (Å²) >= 11 is 0. The minimum Gasteiger partial charge on any atom is -0.496 e. The minimum atomic E-state index is -0.304. The lowest BCUT2D eigenvalue weighted by atomic mass is 10.1. The van der Waals surface area contributed by atoms with Crippen molar-refractivity contribution in [2.24, 2.45) is 0 Å². The van der Waals surface area contributed by atoms with E-state index in [2.05, 4.69) is 44.7 Å². The lowest BCUT2D eigenvalue weighted by molar-refractivity contribution is 0.102. The number of piperidine rings is 1. The van der Waals surface area contributed by atoms with Crippen LogP contribution in [0.15, 0.2) is 42.5 Å².